The Labute approximate surface area is 182 Å². The average Bonchev–Trinajstić information content (AvgIpc) is 2.78. The zero-order chi connectivity index (χ0) is 22.4. The number of para-hydroxylation sites is 2. The molecule has 3 rings (SSSR count). The van der Waals surface area contributed by atoms with Crippen molar-refractivity contribution in [3.8, 4) is 28.7 Å². The molecule has 0 aliphatic carbocycles. The van der Waals surface area contributed by atoms with Crippen molar-refractivity contribution in [2.75, 3.05) is 14.2 Å². The van der Waals surface area contributed by atoms with E-state index in [9.17, 15) is 9.90 Å². The maximum atomic E-state index is 11.6. The number of carbonyl (C=O) groups excluding carboxylic acids is 1. The molecule has 0 aromatic heterocycles. The maximum Gasteiger partial charge on any atom is 0.161 e. The van der Waals surface area contributed by atoms with Crippen molar-refractivity contribution in [1.82, 2.24) is 0 Å². The Balaban J connectivity index is 1.94. The zero-order valence-corrected chi connectivity index (χ0v) is 18.0. The molecule has 2 unspecified atom stereocenters. The van der Waals surface area contributed by atoms with Crippen LogP contribution in [0.3, 0.4) is 0 Å². The van der Waals surface area contributed by atoms with Crippen LogP contribution in [0.1, 0.15) is 35.9 Å². The lowest BCUT2D eigenvalue weighted by Crippen LogP contribution is -2.27. The second kappa shape index (κ2) is 9.89. The van der Waals surface area contributed by atoms with E-state index in [1.165, 1.54) is 14.0 Å². The number of hydrogen-bond acceptors (Lipinski definition) is 6. The molecule has 3 aromatic rings. The SMILES string of the molecule is COc1cc(C(Oc2ccc(C(C)=O)cc2)C(C)Oc2ccccc2OC)ccc1O. The number of phenolic OH excluding ortho intramolecular Hbond substituents is 1. The van der Waals surface area contributed by atoms with Crippen molar-refractivity contribution in [3.05, 3.63) is 77.9 Å². The molecule has 162 valence electrons. The minimum Gasteiger partial charge on any atom is -0.504 e. The summed E-state index contributed by atoms with van der Waals surface area (Å²) < 4.78 is 23.1. The minimum absolute atomic E-state index is 0.0146. The van der Waals surface area contributed by atoms with E-state index in [4.69, 9.17) is 18.9 Å². The molecule has 2 atom stereocenters. The fourth-order valence-electron chi connectivity index (χ4n) is 3.20. The molecule has 0 heterocycles. The van der Waals surface area contributed by atoms with Crippen LogP contribution in [0, 0.1) is 0 Å². The van der Waals surface area contributed by atoms with Crippen LogP contribution in [0.5, 0.6) is 28.7 Å². The predicted octanol–water partition coefficient (Wildman–Crippen LogP) is 5.20. The van der Waals surface area contributed by atoms with E-state index < -0.39 is 12.2 Å². The molecule has 0 saturated heterocycles. The molecule has 0 aliphatic rings. The van der Waals surface area contributed by atoms with Crippen molar-refractivity contribution >= 4 is 5.78 Å². The van der Waals surface area contributed by atoms with Gasteiger partial charge in [-0.1, -0.05) is 18.2 Å². The van der Waals surface area contributed by atoms with E-state index in [2.05, 4.69) is 0 Å². The van der Waals surface area contributed by atoms with Crippen molar-refractivity contribution in [2.24, 2.45) is 0 Å². The van der Waals surface area contributed by atoms with Crippen LogP contribution >= 0.6 is 0 Å². The Morgan fingerprint density at radius 3 is 2.10 bits per heavy atom. The summed E-state index contributed by atoms with van der Waals surface area (Å²) in [4.78, 5) is 11.6. The van der Waals surface area contributed by atoms with Gasteiger partial charge in [0.1, 0.15) is 11.9 Å². The monoisotopic (exact) mass is 422 g/mol. The lowest BCUT2D eigenvalue weighted by Gasteiger charge is -2.27. The molecule has 0 aliphatic heterocycles. The van der Waals surface area contributed by atoms with Gasteiger partial charge in [-0.2, -0.15) is 0 Å². The summed E-state index contributed by atoms with van der Waals surface area (Å²) >= 11 is 0. The first-order valence-electron chi connectivity index (χ1n) is 9.87. The maximum absolute atomic E-state index is 11.6. The lowest BCUT2D eigenvalue weighted by molar-refractivity contribution is 0.0630. The third-order valence-corrected chi connectivity index (χ3v) is 4.86. The summed E-state index contributed by atoms with van der Waals surface area (Å²) in [6.07, 6.45) is -0.972. The van der Waals surface area contributed by atoms with Crippen LogP contribution in [-0.4, -0.2) is 31.2 Å². The summed E-state index contributed by atoms with van der Waals surface area (Å²) in [5.41, 5.74) is 1.36. The molecule has 3 aromatic carbocycles. The minimum atomic E-state index is -0.539. The fourth-order valence-corrected chi connectivity index (χ4v) is 3.20. The number of aromatic hydroxyl groups is 1. The van der Waals surface area contributed by atoms with E-state index >= 15 is 0 Å². The molecule has 0 amide bonds. The molecule has 0 radical (unpaired) electrons. The molecule has 1 N–H and O–H groups in total. The molecular formula is C25H26O6. The topological polar surface area (TPSA) is 74.2 Å². The standard InChI is InChI=1S/C25H26O6/c1-16(26)18-9-12-20(13-10-18)31-25(19-11-14-21(27)24(15-19)29-4)17(2)30-23-8-6-5-7-22(23)28-3/h5-15,17,25,27H,1-4H3. The van der Waals surface area contributed by atoms with Crippen molar-refractivity contribution in [1.29, 1.82) is 0 Å². The van der Waals surface area contributed by atoms with Gasteiger partial charge in [-0.05, 0) is 62.4 Å². The number of ether oxygens (including phenoxy) is 4. The Kier molecular flexibility index (Phi) is 7.03. The Morgan fingerprint density at radius 1 is 0.839 bits per heavy atom. The highest BCUT2D eigenvalue weighted by atomic mass is 16.6. The average molecular weight is 422 g/mol. The highest BCUT2D eigenvalue weighted by molar-refractivity contribution is 5.94. The third kappa shape index (κ3) is 5.28. The van der Waals surface area contributed by atoms with Crippen molar-refractivity contribution in [3.63, 3.8) is 0 Å². The first-order chi connectivity index (χ1) is 14.9. The van der Waals surface area contributed by atoms with Gasteiger partial charge in [-0.15, -0.1) is 0 Å². The second-order valence-corrected chi connectivity index (χ2v) is 7.02. The first kappa shape index (κ1) is 22.0. The van der Waals surface area contributed by atoms with Gasteiger partial charge >= 0.3 is 0 Å². The van der Waals surface area contributed by atoms with Crippen LogP contribution in [0.25, 0.3) is 0 Å². The quantitative estimate of drug-likeness (QED) is 0.478. The fraction of sp³-hybridized carbons (Fsp3) is 0.240. The van der Waals surface area contributed by atoms with Gasteiger partial charge in [-0.25, -0.2) is 0 Å². The zero-order valence-electron chi connectivity index (χ0n) is 18.0. The number of phenols is 1. The van der Waals surface area contributed by atoms with E-state index in [0.29, 0.717) is 28.6 Å². The molecule has 31 heavy (non-hydrogen) atoms. The van der Waals surface area contributed by atoms with Gasteiger partial charge < -0.3 is 24.1 Å². The summed E-state index contributed by atoms with van der Waals surface area (Å²) in [6, 6.07) is 19.3. The number of carbonyl (C=O) groups is 1. The van der Waals surface area contributed by atoms with Gasteiger partial charge in [0.05, 0.1) is 14.2 Å². The lowest BCUT2D eigenvalue weighted by atomic mass is 10.0. The normalized spacial score (nSPS) is 12.5. The summed E-state index contributed by atoms with van der Waals surface area (Å²) in [5.74, 6) is 2.14. The molecule has 0 fully saturated rings. The van der Waals surface area contributed by atoms with Crippen molar-refractivity contribution < 1.29 is 28.8 Å². The van der Waals surface area contributed by atoms with Gasteiger partial charge in [0.2, 0.25) is 0 Å². The summed E-state index contributed by atoms with van der Waals surface area (Å²) in [5, 5.41) is 9.99. The van der Waals surface area contributed by atoms with Gasteiger partial charge in [-0.3, -0.25) is 4.79 Å². The summed E-state index contributed by atoms with van der Waals surface area (Å²) in [7, 11) is 3.08. The number of methoxy groups -OCH3 is 2. The number of rotatable bonds is 9. The highest BCUT2D eigenvalue weighted by Gasteiger charge is 2.25. The Bertz CT molecular complexity index is 1030. The summed E-state index contributed by atoms with van der Waals surface area (Å²) in [6.45, 7) is 3.41. The number of ketones is 1. The van der Waals surface area contributed by atoms with Gasteiger partial charge in [0.15, 0.2) is 34.9 Å². The highest BCUT2D eigenvalue weighted by Crippen LogP contribution is 2.35. The van der Waals surface area contributed by atoms with Gasteiger partial charge in [0, 0.05) is 11.1 Å². The van der Waals surface area contributed by atoms with Crippen LogP contribution in [0.2, 0.25) is 0 Å². The molecule has 0 spiro atoms. The smallest absolute Gasteiger partial charge is 0.161 e. The van der Waals surface area contributed by atoms with Crippen LogP contribution in [0.4, 0.5) is 0 Å². The molecular weight excluding hydrogens is 396 g/mol. The molecule has 0 bridgehead atoms. The van der Waals surface area contributed by atoms with Gasteiger partial charge in [0.25, 0.3) is 0 Å². The Hall–Kier alpha value is -3.67. The number of Topliss-reactive ketones (excluding diaryl/α,β-unsaturated/α-hetero) is 1. The van der Waals surface area contributed by atoms with E-state index in [-0.39, 0.29) is 11.5 Å². The molecule has 6 nitrogen and oxygen atoms in total. The van der Waals surface area contributed by atoms with E-state index in [1.807, 2.05) is 31.2 Å². The van der Waals surface area contributed by atoms with Crippen LogP contribution in [0.15, 0.2) is 66.7 Å². The van der Waals surface area contributed by atoms with Crippen LogP contribution in [-0.2, 0) is 0 Å². The number of hydrogen-bond donors (Lipinski definition) is 1. The Morgan fingerprint density at radius 2 is 1.48 bits per heavy atom. The molecule has 6 heteroatoms. The third-order valence-electron chi connectivity index (χ3n) is 4.86. The van der Waals surface area contributed by atoms with Crippen molar-refractivity contribution in [2.45, 2.75) is 26.1 Å². The first-order valence-corrected chi connectivity index (χ1v) is 9.87. The van der Waals surface area contributed by atoms with E-state index in [0.717, 1.165) is 5.56 Å². The largest absolute Gasteiger partial charge is 0.504 e. The predicted molar refractivity (Wildman–Crippen MR) is 118 cm³/mol. The number of benzene rings is 3. The van der Waals surface area contributed by atoms with Crippen LogP contribution < -0.4 is 18.9 Å². The molecule has 0 saturated carbocycles. The second-order valence-electron chi connectivity index (χ2n) is 7.02. The van der Waals surface area contributed by atoms with E-state index in [1.54, 1.807) is 49.6 Å².